The van der Waals surface area contributed by atoms with Crippen molar-refractivity contribution in [2.45, 2.75) is 13.5 Å². The molecule has 162 valence electrons. The fourth-order valence-corrected chi connectivity index (χ4v) is 4.73. The number of aryl methyl sites for hydroxylation is 1. The van der Waals surface area contributed by atoms with Crippen molar-refractivity contribution in [2.75, 3.05) is 12.0 Å². The molecule has 0 atom stereocenters. The smallest absolute Gasteiger partial charge is 0.270 e. The highest BCUT2D eigenvalue weighted by atomic mass is 79.9. The van der Waals surface area contributed by atoms with E-state index in [1.165, 1.54) is 11.8 Å². The normalized spacial score (nSPS) is 14.8. The van der Waals surface area contributed by atoms with Crippen LogP contribution in [0.5, 0.6) is 11.5 Å². The molecule has 0 spiro atoms. The van der Waals surface area contributed by atoms with Crippen LogP contribution in [0.3, 0.4) is 0 Å². The van der Waals surface area contributed by atoms with Gasteiger partial charge in [0.2, 0.25) is 0 Å². The van der Waals surface area contributed by atoms with Crippen LogP contribution in [-0.4, -0.2) is 17.3 Å². The van der Waals surface area contributed by atoms with Crippen molar-refractivity contribution in [1.29, 1.82) is 0 Å². The fourth-order valence-electron chi connectivity index (χ4n) is 3.17. The fraction of sp³-hybridized carbons (Fsp3) is 0.120. The minimum absolute atomic E-state index is 0.126. The maximum Gasteiger partial charge on any atom is 0.270 e. The summed E-state index contributed by atoms with van der Waals surface area (Å²) < 4.78 is 13.0. The topological polar surface area (TPSA) is 38.8 Å². The summed E-state index contributed by atoms with van der Waals surface area (Å²) in [4.78, 5) is 15.1. The molecule has 32 heavy (non-hydrogen) atoms. The lowest BCUT2D eigenvalue weighted by Crippen LogP contribution is -2.27. The van der Waals surface area contributed by atoms with Crippen molar-refractivity contribution in [3.05, 3.63) is 92.8 Å². The lowest BCUT2D eigenvalue weighted by Gasteiger charge is -2.14. The van der Waals surface area contributed by atoms with E-state index in [-0.39, 0.29) is 5.91 Å². The highest BCUT2D eigenvalue weighted by Crippen LogP contribution is 2.37. The number of ether oxygens (including phenoxy) is 2. The first kappa shape index (κ1) is 22.6. The molecule has 0 N–H and O–H groups in total. The zero-order chi connectivity index (χ0) is 22.7. The summed E-state index contributed by atoms with van der Waals surface area (Å²) in [6.45, 7) is 2.44. The van der Waals surface area contributed by atoms with Gasteiger partial charge in [-0.3, -0.25) is 9.69 Å². The average molecular weight is 526 g/mol. The van der Waals surface area contributed by atoms with E-state index in [9.17, 15) is 4.79 Å². The van der Waals surface area contributed by atoms with Crippen LogP contribution in [0.1, 0.15) is 16.7 Å². The molecule has 0 aromatic heterocycles. The first-order chi connectivity index (χ1) is 15.4. The summed E-state index contributed by atoms with van der Waals surface area (Å²) in [6.07, 6.45) is 1.83. The van der Waals surface area contributed by atoms with Gasteiger partial charge in [-0.1, -0.05) is 75.8 Å². The summed E-state index contributed by atoms with van der Waals surface area (Å²) in [5.41, 5.74) is 3.79. The molecule has 1 heterocycles. The first-order valence-corrected chi connectivity index (χ1v) is 11.9. The number of amides is 1. The minimum atomic E-state index is -0.126. The van der Waals surface area contributed by atoms with E-state index in [0.717, 1.165) is 26.9 Å². The number of anilines is 1. The molecule has 1 aliphatic rings. The van der Waals surface area contributed by atoms with E-state index in [2.05, 4.69) is 15.9 Å². The Hall–Kier alpha value is -2.61. The highest BCUT2D eigenvalue weighted by Gasteiger charge is 2.33. The van der Waals surface area contributed by atoms with Gasteiger partial charge >= 0.3 is 0 Å². The number of hydrogen-bond donors (Lipinski definition) is 0. The van der Waals surface area contributed by atoms with E-state index < -0.39 is 0 Å². The zero-order valence-corrected chi connectivity index (χ0v) is 20.7. The highest BCUT2D eigenvalue weighted by molar-refractivity contribution is 9.10. The van der Waals surface area contributed by atoms with Gasteiger partial charge in [0, 0.05) is 4.47 Å². The number of carbonyl (C=O) groups is 1. The Morgan fingerprint density at radius 2 is 1.75 bits per heavy atom. The quantitative estimate of drug-likeness (QED) is 0.263. The SMILES string of the molecule is COc1cc(/C=C2/SC(=S)N(c3ccc(C)cc3)C2=O)ccc1OCc1ccc(Br)cc1. The summed E-state index contributed by atoms with van der Waals surface area (Å²) in [5.74, 6) is 1.11. The van der Waals surface area contributed by atoms with Gasteiger partial charge in [0.25, 0.3) is 5.91 Å². The molecule has 0 unspecified atom stereocenters. The molecular formula is C25H20BrNO3S2. The molecule has 3 aromatic rings. The number of hydrogen-bond acceptors (Lipinski definition) is 5. The Bertz CT molecular complexity index is 1190. The average Bonchev–Trinajstić information content (AvgIpc) is 3.07. The van der Waals surface area contributed by atoms with Gasteiger partial charge < -0.3 is 9.47 Å². The molecule has 0 radical (unpaired) electrons. The standard InChI is InChI=1S/C25H20BrNO3S2/c1-16-3-10-20(11-4-16)27-24(28)23(32-25(27)31)14-18-7-12-21(22(13-18)29-2)30-15-17-5-8-19(26)9-6-17/h3-14H,15H2,1-2H3/b23-14+. The lowest BCUT2D eigenvalue weighted by molar-refractivity contribution is -0.113. The van der Waals surface area contributed by atoms with Crippen LogP contribution in [0.25, 0.3) is 6.08 Å². The van der Waals surface area contributed by atoms with Gasteiger partial charge in [0.1, 0.15) is 6.61 Å². The number of nitrogens with zero attached hydrogens (tertiary/aromatic N) is 1. The summed E-state index contributed by atoms with van der Waals surface area (Å²) in [7, 11) is 1.60. The number of thiocarbonyl (C=S) groups is 1. The molecule has 1 saturated heterocycles. The van der Waals surface area contributed by atoms with Crippen molar-refractivity contribution >= 4 is 61.9 Å². The number of benzene rings is 3. The molecule has 1 aliphatic heterocycles. The molecule has 4 nitrogen and oxygen atoms in total. The summed E-state index contributed by atoms with van der Waals surface area (Å²) in [5, 5.41) is 0. The molecule has 4 rings (SSSR count). The van der Waals surface area contributed by atoms with Crippen molar-refractivity contribution in [1.82, 2.24) is 0 Å². The number of methoxy groups -OCH3 is 1. The number of thioether (sulfide) groups is 1. The van der Waals surface area contributed by atoms with E-state index in [1.807, 2.05) is 79.7 Å². The molecule has 3 aromatic carbocycles. The molecule has 0 saturated carbocycles. The third-order valence-corrected chi connectivity index (χ3v) is 6.71. The van der Waals surface area contributed by atoms with Crippen LogP contribution in [0.4, 0.5) is 5.69 Å². The Morgan fingerprint density at radius 3 is 2.44 bits per heavy atom. The lowest BCUT2D eigenvalue weighted by atomic mass is 10.1. The van der Waals surface area contributed by atoms with Crippen molar-refractivity contribution in [3.63, 3.8) is 0 Å². The van der Waals surface area contributed by atoms with Crippen LogP contribution in [0.2, 0.25) is 0 Å². The van der Waals surface area contributed by atoms with E-state index in [0.29, 0.717) is 27.3 Å². The van der Waals surface area contributed by atoms with Crippen LogP contribution >= 0.6 is 39.9 Å². The van der Waals surface area contributed by atoms with Gasteiger partial charge in [-0.05, 0) is 60.5 Å². The molecule has 1 amide bonds. The van der Waals surface area contributed by atoms with E-state index in [1.54, 1.807) is 12.0 Å². The van der Waals surface area contributed by atoms with E-state index >= 15 is 0 Å². The van der Waals surface area contributed by atoms with E-state index in [4.69, 9.17) is 21.7 Å². The zero-order valence-electron chi connectivity index (χ0n) is 17.5. The second-order valence-electron chi connectivity index (χ2n) is 7.18. The maximum atomic E-state index is 13.0. The third-order valence-electron chi connectivity index (χ3n) is 4.88. The predicted molar refractivity (Wildman–Crippen MR) is 138 cm³/mol. The van der Waals surface area contributed by atoms with Crippen molar-refractivity contribution < 1.29 is 14.3 Å². The van der Waals surface area contributed by atoms with Crippen LogP contribution in [-0.2, 0) is 11.4 Å². The Balaban J connectivity index is 1.52. The van der Waals surface area contributed by atoms with Crippen LogP contribution in [0.15, 0.2) is 76.1 Å². The minimum Gasteiger partial charge on any atom is -0.493 e. The molecule has 1 fully saturated rings. The van der Waals surface area contributed by atoms with Gasteiger partial charge in [-0.2, -0.15) is 0 Å². The van der Waals surface area contributed by atoms with Crippen molar-refractivity contribution in [3.8, 4) is 11.5 Å². The Kier molecular flexibility index (Phi) is 6.98. The first-order valence-electron chi connectivity index (χ1n) is 9.84. The van der Waals surface area contributed by atoms with Crippen molar-refractivity contribution in [2.24, 2.45) is 0 Å². The maximum absolute atomic E-state index is 13.0. The monoisotopic (exact) mass is 525 g/mol. The summed E-state index contributed by atoms with van der Waals surface area (Å²) in [6, 6.07) is 21.3. The van der Waals surface area contributed by atoms with Gasteiger partial charge in [-0.15, -0.1) is 0 Å². The molecule has 7 heteroatoms. The van der Waals surface area contributed by atoms with Crippen LogP contribution < -0.4 is 14.4 Å². The molecule has 0 aliphatic carbocycles. The van der Waals surface area contributed by atoms with Gasteiger partial charge in [-0.25, -0.2) is 0 Å². The number of halogens is 1. The Morgan fingerprint density at radius 1 is 1.03 bits per heavy atom. The van der Waals surface area contributed by atoms with Crippen LogP contribution in [0, 0.1) is 6.92 Å². The number of rotatable bonds is 6. The third kappa shape index (κ3) is 5.06. The van der Waals surface area contributed by atoms with Gasteiger partial charge in [0.05, 0.1) is 17.7 Å². The second kappa shape index (κ2) is 9.90. The summed E-state index contributed by atoms with van der Waals surface area (Å²) >= 11 is 10.2. The molecule has 0 bridgehead atoms. The second-order valence-corrected chi connectivity index (χ2v) is 9.77. The number of carbonyl (C=O) groups excluding carboxylic acids is 1. The predicted octanol–water partition coefficient (Wildman–Crippen LogP) is 6.75. The Labute approximate surface area is 205 Å². The molecular weight excluding hydrogens is 506 g/mol. The van der Waals surface area contributed by atoms with Gasteiger partial charge in [0.15, 0.2) is 15.8 Å². The largest absolute Gasteiger partial charge is 0.493 e.